The van der Waals surface area contributed by atoms with E-state index in [1.165, 1.54) is 16.8 Å². The molecule has 3 rings (SSSR count). The standard InChI is InChI=1S/C20H24N4S.C2H6/c1-5-14-8-7-9-16(12-14)19-21-22-20(25)24(19)17-11-10-15(6-2)18(13-17)23(3)4;1-2/h7-13H,5-6H2,1-4H3,(H,22,25);1-2H3. The molecule has 4 nitrogen and oxygen atoms in total. The number of aromatic nitrogens is 3. The molecule has 0 saturated carbocycles. The Morgan fingerprint density at radius 2 is 1.78 bits per heavy atom. The highest BCUT2D eigenvalue weighted by Crippen LogP contribution is 2.27. The fraction of sp³-hybridized carbons (Fsp3) is 0.364. The van der Waals surface area contributed by atoms with Gasteiger partial charge in [-0.05, 0) is 54.4 Å². The third kappa shape index (κ3) is 4.48. The van der Waals surface area contributed by atoms with E-state index in [4.69, 9.17) is 12.2 Å². The molecule has 0 aliphatic heterocycles. The third-order valence-corrected chi connectivity index (χ3v) is 4.73. The van der Waals surface area contributed by atoms with E-state index in [1.807, 2.05) is 18.4 Å². The topological polar surface area (TPSA) is 36.9 Å². The van der Waals surface area contributed by atoms with Crippen molar-refractivity contribution < 1.29 is 0 Å². The van der Waals surface area contributed by atoms with Crippen LogP contribution in [0.3, 0.4) is 0 Å². The van der Waals surface area contributed by atoms with Crippen LogP contribution < -0.4 is 4.90 Å². The second-order valence-electron chi connectivity index (χ2n) is 6.30. The molecule has 0 bridgehead atoms. The molecule has 144 valence electrons. The molecule has 2 aromatic carbocycles. The van der Waals surface area contributed by atoms with Gasteiger partial charge in [-0.15, -0.1) is 0 Å². The van der Waals surface area contributed by atoms with Crippen molar-refractivity contribution in [1.82, 2.24) is 14.8 Å². The monoisotopic (exact) mass is 382 g/mol. The van der Waals surface area contributed by atoms with E-state index < -0.39 is 0 Å². The Balaban J connectivity index is 0.00000126. The van der Waals surface area contributed by atoms with Gasteiger partial charge in [0, 0.05) is 25.3 Å². The molecule has 0 aliphatic carbocycles. The maximum atomic E-state index is 5.52. The minimum Gasteiger partial charge on any atom is -0.377 e. The zero-order chi connectivity index (χ0) is 20.0. The maximum Gasteiger partial charge on any atom is 0.200 e. The summed E-state index contributed by atoms with van der Waals surface area (Å²) in [6, 6.07) is 14.9. The number of nitrogens with zero attached hydrogens (tertiary/aromatic N) is 3. The van der Waals surface area contributed by atoms with E-state index in [0.717, 1.165) is 29.9 Å². The molecule has 0 atom stereocenters. The van der Waals surface area contributed by atoms with Gasteiger partial charge in [-0.25, -0.2) is 0 Å². The molecular formula is C22H30N4S. The molecule has 27 heavy (non-hydrogen) atoms. The molecule has 0 unspecified atom stereocenters. The smallest absolute Gasteiger partial charge is 0.200 e. The summed E-state index contributed by atoms with van der Waals surface area (Å²) >= 11 is 5.52. The molecule has 1 aromatic heterocycles. The average molecular weight is 383 g/mol. The van der Waals surface area contributed by atoms with Gasteiger partial charge in [0.2, 0.25) is 0 Å². The second-order valence-corrected chi connectivity index (χ2v) is 6.69. The van der Waals surface area contributed by atoms with E-state index in [9.17, 15) is 0 Å². The van der Waals surface area contributed by atoms with Crippen LogP contribution in [0.15, 0.2) is 42.5 Å². The van der Waals surface area contributed by atoms with Gasteiger partial charge in [0.15, 0.2) is 10.6 Å². The van der Waals surface area contributed by atoms with Crippen molar-refractivity contribution in [3.63, 3.8) is 0 Å². The first-order valence-corrected chi connectivity index (χ1v) is 10.0. The second kappa shape index (κ2) is 9.51. The van der Waals surface area contributed by atoms with Crippen LogP contribution in [0.1, 0.15) is 38.8 Å². The first-order valence-electron chi connectivity index (χ1n) is 9.62. The highest BCUT2D eigenvalue weighted by molar-refractivity contribution is 7.71. The number of anilines is 1. The Morgan fingerprint density at radius 1 is 1.04 bits per heavy atom. The van der Waals surface area contributed by atoms with Crippen molar-refractivity contribution in [2.75, 3.05) is 19.0 Å². The van der Waals surface area contributed by atoms with Crippen molar-refractivity contribution in [2.24, 2.45) is 0 Å². The number of H-pyrrole nitrogens is 1. The summed E-state index contributed by atoms with van der Waals surface area (Å²) in [6.07, 6.45) is 1.99. The molecule has 0 amide bonds. The van der Waals surface area contributed by atoms with E-state index >= 15 is 0 Å². The zero-order valence-electron chi connectivity index (χ0n) is 17.2. The molecule has 1 N–H and O–H groups in total. The van der Waals surface area contributed by atoms with Crippen LogP contribution in [-0.4, -0.2) is 28.9 Å². The lowest BCUT2D eigenvalue weighted by molar-refractivity contribution is 1.01. The summed E-state index contributed by atoms with van der Waals surface area (Å²) in [5, 5.41) is 7.44. The van der Waals surface area contributed by atoms with Gasteiger partial charge in [-0.1, -0.05) is 52.0 Å². The molecule has 3 aromatic rings. The lowest BCUT2D eigenvalue weighted by atomic mass is 10.1. The maximum absolute atomic E-state index is 5.52. The van der Waals surface area contributed by atoms with Crippen LogP contribution in [0.2, 0.25) is 0 Å². The van der Waals surface area contributed by atoms with Crippen LogP contribution in [0.25, 0.3) is 17.1 Å². The van der Waals surface area contributed by atoms with E-state index in [1.54, 1.807) is 0 Å². The summed E-state index contributed by atoms with van der Waals surface area (Å²) < 4.78 is 2.61. The van der Waals surface area contributed by atoms with Crippen molar-refractivity contribution in [3.8, 4) is 17.1 Å². The first kappa shape index (κ1) is 20.9. The highest BCUT2D eigenvalue weighted by Gasteiger charge is 2.13. The largest absolute Gasteiger partial charge is 0.377 e. The molecule has 0 saturated heterocycles. The van der Waals surface area contributed by atoms with Gasteiger partial charge in [-0.2, -0.15) is 5.10 Å². The number of hydrogen-bond donors (Lipinski definition) is 1. The number of aromatic amines is 1. The van der Waals surface area contributed by atoms with Crippen molar-refractivity contribution in [3.05, 3.63) is 58.4 Å². The summed E-state index contributed by atoms with van der Waals surface area (Å²) in [4.78, 5) is 2.14. The summed E-state index contributed by atoms with van der Waals surface area (Å²) in [7, 11) is 4.14. The fourth-order valence-electron chi connectivity index (χ4n) is 3.07. The molecular weight excluding hydrogens is 352 g/mol. The zero-order valence-corrected chi connectivity index (χ0v) is 18.0. The Bertz CT molecular complexity index is 937. The van der Waals surface area contributed by atoms with Crippen LogP contribution in [0.5, 0.6) is 0 Å². The fourth-order valence-corrected chi connectivity index (χ4v) is 3.30. The molecule has 0 radical (unpaired) electrons. The first-order chi connectivity index (χ1) is 13.0. The Morgan fingerprint density at radius 3 is 2.41 bits per heavy atom. The predicted octanol–water partition coefficient (Wildman–Crippen LogP) is 5.81. The molecule has 0 fully saturated rings. The van der Waals surface area contributed by atoms with Crippen molar-refractivity contribution >= 4 is 17.9 Å². The summed E-state index contributed by atoms with van der Waals surface area (Å²) in [5.41, 5.74) is 5.90. The van der Waals surface area contributed by atoms with E-state index in [-0.39, 0.29) is 0 Å². The van der Waals surface area contributed by atoms with Gasteiger partial charge < -0.3 is 4.90 Å². The van der Waals surface area contributed by atoms with Gasteiger partial charge in [0.1, 0.15) is 0 Å². The van der Waals surface area contributed by atoms with Crippen molar-refractivity contribution in [2.45, 2.75) is 40.5 Å². The van der Waals surface area contributed by atoms with E-state index in [2.05, 4.69) is 85.5 Å². The lowest BCUT2D eigenvalue weighted by Crippen LogP contribution is -2.12. The number of nitrogens with one attached hydrogen (secondary N) is 1. The summed E-state index contributed by atoms with van der Waals surface area (Å²) in [6.45, 7) is 8.33. The SMILES string of the molecule is CC.CCc1cccc(-c2n[nH]c(=S)n2-c2ccc(CC)c(N(C)C)c2)c1. The third-order valence-electron chi connectivity index (χ3n) is 4.46. The average Bonchev–Trinajstić information content (AvgIpc) is 3.10. The molecule has 0 spiro atoms. The molecule has 5 heteroatoms. The Labute approximate surface area is 167 Å². The number of aryl methyl sites for hydroxylation is 2. The van der Waals surface area contributed by atoms with Gasteiger partial charge in [-0.3, -0.25) is 9.67 Å². The summed E-state index contributed by atoms with van der Waals surface area (Å²) in [5.74, 6) is 0.842. The number of benzene rings is 2. The van der Waals surface area contributed by atoms with E-state index in [0.29, 0.717) is 4.77 Å². The highest BCUT2D eigenvalue weighted by atomic mass is 32.1. The Kier molecular flexibility index (Phi) is 7.36. The molecule has 1 heterocycles. The van der Waals surface area contributed by atoms with Crippen molar-refractivity contribution in [1.29, 1.82) is 0 Å². The van der Waals surface area contributed by atoms with Crippen LogP contribution >= 0.6 is 12.2 Å². The lowest BCUT2D eigenvalue weighted by Gasteiger charge is -2.19. The number of rotatable bonds is 5. The van der Waals surface area contributed by atoms with Crippen LogP contribution in [0.4, 0.5) is 5.69 Å². The van der Waals surface area contributed by atoms with Crippen LogP contribution in [0, 0.1) is 4.77 Å². The minimum absolute atomic E-state index is 0.603. The Hall–Kier alpha value is -2.40. The van der Waals surface area contributed by atoms with Gasteiger partial charge in [0.05, 0.1) is 5.69 Å². The van der Waals surface area contributed by atoms with Crippen LogP contribution in [-0.2, 0) is 12.8 Å². The number of hydrogen-bond acceptors (Lipinski definition) is 3. The minimum atomic E-state index is 0.603. The van der Waals surface area contributed by atoms with Gasteiger partial charge in [0.25, 0.3) is 0 Å². The predicted molar refractivity (Wildman–Crippen MR) is 119 cm³/mol. The quantitative estimate of drug-likeness (QED) is 0.565. The van der Waals surface area contributed by atoms with Gasteiger partial charge >= 0.3 is 0 Å². The normalized spacial score (nSPS) is 10.3. The molecule has 0 aliphatic rings.